The van der Waals surface area contributed by atoms with E-state index in [1.165, 1.54) is 18.6 Å². The number of hydrogen-bond acceptors (Lipinski definition) is 3. The van der Waals surface area contributed by atoms with Crippen LogP contribution in [0, 0.1) is 11.8 Å². The molecule has 2 fully saturated rings. The Kier molecular flexibility index (Phi) is 2.54. The average Bonchev–Trinajstić information content (AvgIpc) is 2.81. The van der Waals surface area contributed by atoms with Crippen LogP contribution < -0.4 is 0 Å². The maximum atomic E-state index is 5.32. The van der Waals surface area contributed by atoms with E-state index in [1.807, 2.05) is 0 Å². The van der Waals surface area contributed by atoms with Gasteiger partial charge in [0.15, 0.2) is 0 Å². The highest BCUT2D eigenvalue weighted by Crippen LogP contribution is 2.28. The summed E-state index contributed by atoms with van der Waals surface area (Å²) in [6, 6.07) is 0. The Hall–Kier alpha value is -0.570. The van der Waals surface area contributed by atoms with Crippen molar-refractivity contribution in [2.24, 2.45) is 17.0 Å². The molecule has 1 aliphatic carbocycles. The van der Waals surface area contributed by atoms with Gasteiger partial charge in [-0.15, -0.1) is 0 Å². The van der Waals surface area contributed by atoms with Crippen LogP contribution in [0.25, 0.3) is 0 Å². The number of rotatable bonds is 3. The quantitative estimate of drug-likeness (QED) is 0.615. The summed E-state index contributed by atoms with van der Waals surface area (Å²) >= 11 is 0. The SMILES string of the molecule is CC1CN(C)C/C1=N\OCC1CC1. The zero-order chi connectivity index (χ0) is 9.26. The first-order valence-corrected chi connectivity index (χ1v) is 5.13. The van der Waals surface area contributed by atoms with Gasteiger partial charge in [0.25, 0.3) is 0 Å². The molecule has 13 heavy (non-hydrogen) atoms. The Bertz CT molecular complexity index is 211. The smallest absolute Gasteiger partial charge is 0.120 e. The summed E-state index contributed by atoms with van der Waals surface area (Å²) in [6.45, 7) is 5.14. The number of nitrogens with zero attached hydrogens (tertiary/aromatic N) is 2. The first-order chi connectivity index (χ1) is 6.25. The lowest BCUT2D eigenvalue weighted by molar-refractivity contribution is 0.132. The Labute approximate surface area is 79.7 Å². The number of hydrogen-bond donors (Lipinski definition) is 0. The molecule has 3 nitrogen and oxygen atoms in total. The number of likely N-dealkylation sites (tertiary alicyclic amines) is 1. The molecule has 1 saturated carbocycles. The standard InChI is InChI=1S/C10H18N2O/c1-8-5-12(2)6-10(8)11-13-7-9-3-4-9/h8-9H,3-7H2,1-2H3/b11-10+. The zero-order valence-corrected chi connectivity index (χ0v) is 8.49. The highest BCUT2D eigenvalue weighted by atomic mass is 16.6. The fraction of sp³-hybridized carbons (Fsp3) is 0.900. The molecule has 74 valence electrons. The van der Waals surface area contributed by atoms with Crippen LogP contribution in [0.2, 0.25) is 0 Å². The van der Waals surface area contributed by atoms with E-state index in [1.54, 1.807) is 0 Å². The molecule has 0 aromatic heterocycles. The van der Waals surface area contributed by atoms with E-state index in [4.69, 9.17) is 4.84 Å². The van der Waals surface area contributed by atoms with Crippen LogP contribution >= 0.6 is 0 Å². The monoisotopic (exact) mass is 182 g/mol. The van der Waals surface area contributed by atoms with Crippen LogP contribution in [0.3, 0.4) is 0 Å². The van der Waals surface area contributed by atoms with Crippen LogP contribution in [0.15, 0.2) is 5.16 Å². The normalized spacial score (nSPS) is 32.8. The van der Waals surface area contributed by atoms with E-state index in [0.717, 1.165) is 25.6 Å². The molecule has 1 saturated heterocycles. The molecule has 2 rings (SSSR count). The molecule has 0 amide bonds. The van der Waals surface area contributed by atoms with Gasteiger partial charge in [-0.2, -0.15) is 0 Å². The van der Waals surface area contributed by atoms with Crippen LogP contribution in [-0.4, -0.2) is 37.4 Å². The highest BCUT2D eigenvalue weighted by molar-refractivity contribution is 5.89. The minimum absolute atomic E-state index is 0.573. The first kappa shape index (κ1) is 9.00. The fourth-order valence-electron chi connectivity index (χ4n) is 1.70. The van der Waals surface area contributed by atoms with E-state index in [2.05, 4.69) is 24.0 Å². The summed E-state index contributed by atoms with van der Waals surface area (Å²) in [5, 5.41) is 4.21. The molecular formula is C10H18N2O. The lowest BCUT2D eigenvalue weighted by atomic mass is 10.1. The molecule has 0 bridgehead atoms. The van der Waals surface area contributed by atoms with Gasteiger partial charge in [-0.1, -0.05) is 12.1 Å². The van der Waals surface area contributed by atoms with E-state index >= 15 is 0 Å². The Balaban J connectivity index is 1.77. The lowest BCUT2D eigenvalue weighted by Crippen LogP contribution is -2.13. The molecule has 0 aromatic carbocycles. The summed E-state index contributed by atoms with van der Waals surface area (Å²) in [6.07, 6.45) is 2.67. The second kappa shape index (κ2) is 3.66. The summed E-state index contributed by atoms with van der Waals surface area (Å²) in [4.78, 5) is 7.60. The van der Waals surface area contributed by atoms with Gasteiger partial charge in [0.05, 0.1) is 5.71 Å². The van der Waals surface area contributed by atoms with E-state index in [9.17, 15) is 0 Å². The Morgan fingerprint density at radius 2 is 2.31 bits per heavy atom. The maximum absolute atomic E-state index is 5.32. The molecule has 1 atom stereocenters. The fourth-order valence-corrected chi connectivity index (χ4v) is 1.70. The second-order valence-corrected chi connectivity index (χ2v) is 4.42. The molecular weight excluding hydrogens is 164 g/mol. The summed E-state index contributed by atoms with van der Waals surface area (Å²) in [5.41, 5.74) is 1.21. The highest BCUT2D eigenvalue weighted by Gasteiger charge is 2.24. The second-order valence-electron chi connectivity index (χ2n) is 4.42. The van der Waals surface area contributed by atoms with Gasteiger partial charge in [-0.25, -0.2) is 0 Å². The average molecular weight is 182 g/mol. The molecule has 1 unspecified atom stereocenters. The molecule has 3 heteroatoms. The van der Waals surface area contributed by atoms with Crippen molar-refractivity contribution in [3.8, 4) is 0 Å². The van der Waals surface area contributed by atoms with Crippen molar-refractivity contribution in [3.63, 3.8) is 0 Å². The largest absolute Gasteiger partial charge is 0.396 e. The summed E-state index contributed by atoms with van der Waals surface area (Å²) in [7, 11) is 2.12. The summed E-state index contributed by atoms with van der Waals surface area (Å²) < 4.78 is 0. The molecule has 0 aromatic rings. The minimum Gasteiger partial charge on any atom is -0.396 e. The molecule has 1 heterocycles. The van der Waals surface area contributed by atoms with Crippen LogP contribution in [0.4, 0.5) is 0 Å². The third-order valence-corrected chi connectivity index (χ3v) is 2.78. The molecule has 0 radical (unpaired) electrons. The minimum atomic E-state index is 0.573. The predicted molar refractivity (Wildman–Crippen MR) is 52.8 cm³/mol. The van der Waals surface area contributed by atoms with Crippen molar-refractivity contribution >= 4 is 5.71 Å². The van der Waals surface area contributed by atoms with Gasteiger partial charge in [0, 0.05) is 19.0 Å². The topological polar surface area (TPSA) is 24.8 Å². The van der Waals surface area contributed by atoms with Gasteiger partial charge in [-0.05, 0) is 25.8 Å². The van der Waals surface area contributed by atoms with Gasteiger partial charge in [-0.3, -0.25) is 0 Å². The lowest BCUT2D eigenvalue weighted by Gasteiger charge is -2.02. The van der Waals surface area contributed by atoms with Gasteiger partial charge in [0.1, 0.15) is 6.61 Å². The molecule has 2 aliphatic rings. The van der Waals surface area contributed by atoms with E-state index < -0.39 is 0 Å². The molecule has 0 N–H and O–H groups in total. The van der Waals surface area contributed by atoms with Crippen molar-refractivity contribution in [2.45, 2.75) is 19.8 Å². The number of oxime groups is 1. The van der Waals surface area contributed by atoms with Crippen molar-refractivity contribution in [1.82, 2.24) is 4.90 Å². The summed E-state index contributed by atoms with van der Waals surface area (Å²) in [5.74, 6) is 1.38. The van der Waals surface area contributed by atoms with Crippen molar-refractivity contribution in [1.29, 1.82) is 0 Å². The predicted octanol–water partition coefficient (Wildman–Crippen LogP) is 1.35. The Morgan fingerprint density at radius 1 is 1.54 bits per heavy atom. The molecule has 0 spiro atoms. The van der Waals surface area contributed by atoms with Gasteiger partial charge in [0.2, 0.25) is 0 Å². The third kappa shape index (κ3) is 2.44. The van der Waals surface area contributed by atoms with Gasteiger partial charge < -0.3 is 9.74 Å². The zero-order valence-electron chi connectivity index (χ0n) is 8.49. The maximum Gasteiger partial charge on any atom is 0.120 e. The van der Waals surface area contributed by atoms with E-state index in [0.29, 0.717) is 5.92 Å². The van der Waals surface area contributed by atoms with Crippen molar-refractivity contribution in [2.75, 3.05) is 26.7 Å². The van der Waals surface area contributed by atoms with Crippen LogP contribution in [0.1, 0.15) is 19.8 Å². The van der Waals surface area contributed by atoms with E-state index in [-0.39, 0.29) is 0 Å². The van der Waals surface area contributed by atoms with Crippen LogP contribution in [0.5, 0.6) is 0 Å². The van der Waals surface area contributed by atoms with Crippen molar-refractivity contribution in [3.05, 3.63) is 0 Å². The van der Waals surface area contributed by atoms with Crippen LogP contribution in [-0.2, 0) is 4.84 Å². The van der Waals surface area contributed by atoms with Crippen molar-refractivity contribution < 1.29 is 4.84 Å². The van der Waals surface area contributed by atoms with Gasteiger partial charge >= 0.3 is 0 Å². The molecule has 1 aliphatic heterocycles. The third-order valence-electron chi connectivity index (χ3n) is 2.78. The Morgan fingerprint density at radius 3 is 2.85 bits per heavy atom. The first-order valence-electron chi connectivity index (χ1n) is 5.13.